The lowest BCUT2D eigenvalue weighted by Crippen LogP contribution is -2.27. The molecule has 0 radical (unpaired) electrons. The lowest BCUT2D eigenvalue weighted by atomic mass is 10.2. The van der Waals surface area contributed by atoms with Crippen LogP contribution >= 0.6 is 0 Å². The monoisotopic (exact) mass is 189 g/mol. The molecule has 0 bridgehead atoms. The lowest BCUT2D eigenvalue weighted by Gasteiger charge is -2.14. The Balaban J connectivity index is 0. The highest BCUT2D eigenvalue weighted by Gasteiger charge is 2.15. The summed E-state index contributed by atoms with van der Waals surface area (Å²) in [5.41, 5.74) is 5.73. The average Bonchev–Trinajstić information content (AvgIpc) is 2.70. The summed E-state index contributed by atoms with van der Waals surface area (Å²) in [5, 5.41) is 0. The van der Waals surface area contributed by atoms with E-state index in [1.807, 2.05) is 6.79 Å². The van der Waals surface area contributed by atoms with Gasteiger partial charge in [0.25, 0.3) is 0 Å². The Hall–Kier alpha value is -0.410. The van der Waals surface area contributed by atoms with Gasteiger partial charge in [0.05, 0.1) is 12.7 Å². The number of rotatable bonds is 4. The molecule has 3 heteroatoms. The first-order valence-electron chi connectivity index (χ1n) is 4.99. The fraction of sp³-hybridized carbons (Fsp3) is 0.900. The van der Waals surface area contributed by atoms with Crippen molar-refractivity contribution < 1.29 is 11.0 Å². The maximum Gasteiger partial charge on any atom is 0.106 e. The summed E-state index contributed by atoms with van der Waals surface area (Å²) in [7, 11) is 0. The maximum atomic E-state index is 8.00. The first-order chi connectivity index (χ1) is 6.33. The third kappa shape index (κ3) is 5.77. The summed E-state index contributed by atoms with van der Waals surface area (Å²) >= 11 is 0. The fourth-order valence-corrected chi connectivity index (χ4v) is 1.43. The van der Waals surface area contributed by atoms with Crippen LogP contribution < -0.4 is 5.73 Å². The van der Waals surface area contributed by atoms with E-state index in [4.69, 9.17) is 15.3 Å². The van der Waals surface area contributed by atoms with E-state index < -0.39 is 0 Å². The van der Waals surface area contributed by atoms with Gasteiger partial charge in [-0.15, -0.1) is 0 Å². The van der Waals surface area contributed by atoms with E-state index in [0.717, 1.165) is 13.0 Å². The standard InChI is InChI=1S/C9H19NO.CH2O.H2/c1-2-8(10)7-11-9-5-3-4-6-9;1-2;/h8-9H,2-7,10H2,1H3;1H2;1H. The molecule has 2 N–H and O–H groups in total. The normalized spacial score (nSPS) is 19.2. The molecule has 1 rings (SSSR count). The lowest BCUT2D eigenvalue weighted by molar-refractivity contribution is -0.0979. The van der Waals surface area contributed by atoms with Crippen LogP contribution in [-0.4, -0.2) is 25.5 Å². The van der Waals surface area contributed by atoms with E-state index >= 15 is 0 Å². The second-order valence-corrected chi connectivity index (χ2v) is 3.41. The molecular formula is C10H23NO2. The smallest absolute Gasteiger partial charge is 0.106 e. The molecule has 13 heavy (non-hydrogen) atoms. The Bertz CT molecular complexity index is 119. The molecule has 0 saturated heterocycles. The van der Waals surface area contributed by atoms with Crippen molar-refractivity contribution in [1.82, 2.24) is 0 Å². The number of hydrogen-bond donors (Lipinski definition) is 1. The minimum absolute atomic E-state index is 0. The van der Waals surface area contributed by atoms with Crippen molar-refractivity contribution in [1.29, 1.82) is 0 Å². The van der Waals surface area contributed by atoms with Gasteiger partial charge in [-0.2, -0.15) is 0 Å². The van der Waals surface area contributed by atoms with Crippen molar-refractivity contribution in [3.05, 3.63) is 0 Å². The number of nitrogens with two attached hydrogens (primary N) is 1. The summed E-state index contributed by atoms with van der Waals surface area (Å²) in [6, 6.07) is 0.246. The maximum absolute atomic E-state index is 8.00. The first kappa shape index (κ1) is 12.6. The van der Waals surface area contributed by atoms with Crippen LogP contribution in [0, 0.1) is 0 Å². The number of ether oxygens (including phenoxy) is 1. The number of hydrogen-bond acceptors (Lipinski definition) is 3. The highest BCUT2D eigenvalue weighted by molar-refractivity contribution is 5.10. The van der Waals surface area contributed by atoms with Crippen molar-refractivity contribution in [3.8, 4) is 0 Å². The molecule has 0 aromatic rings. The summed E-state index contributed by atoms with van der Waals surface area (Å²) < 4.78 is 5.63. The quantitative estimate of drug-likeness (QED) is 0.733. The summed E-state index contributed by atoms with van der Waals surface area (Å²) in [5.74, 6) is 0. The molecular weight excluding hydrogens is 166 g/mol. The van der Waals surface area contributed by atoms with Crippen LogP contribution in [-0.2, 0) is 9.53 Å². The Labute approximate surface area is 82.1 Å². The molecule has 80 valence electrons. The van der Waals surface area contributed by atoms with E-state index in [0.29, 0.717) is 6.10 Å². The zero-order chi connectivity index (χ0) is 10.1. The van der Waals surface area contributed by atoms with Crippen molar-refractivity contribution in [2.75, 3.05) is 6.61 Å². The van der Waals surface area contributed by atoms with Crippen molar-refractivity contribution in [2.45, 2.75) is 51.2 Å². The molecule has 3 nitrogen and oxygen atoms in total. The van der Waals surface area contributed by atoms with Crippen LogP contribution in [0.3, 0.4) is 0 Å². The molecule has 0 heterocycles. The predicted molar refractivity (Wildman–Crippen MR) is 55.7 cm³/mol. The molecule has 1 aliphatic carbocycles. The topological polar surface area (TPSA) is 52.3 Å². The molecule has 0 spiro atoms. The van der Waals surface area contributed by atoms with Crippen molar-refractivity contribution in [3.63, 3.8) is 0 Å². The Morgan fingerprint density at radius 1 is 1.54 bits per heavy atom. The van der Waals surface area contributed by atoms with Crippen LogP contribution in [0.2, 0.25) is 0 Å². The van der Waals surface area contributed by atoms with E-state index in [1.54, 1.807) is 0 Å². The third-order valence-corrected chi connectivity index (χ3v) is 2.37. The van der Waals surface area contributed by atoms with Crippen LogP contribution in [0.1, 0.15) is 40.5 Å². The Kier molecular flexibility index (Phi) is 7.94. The first-order valence-corrected chi connectivity index (χ1v) is 4.99. The van der Waals surface area contributed by atoms with Gasteiger partial charge >= 0.3 is 0 Å². The molecule has 0 amide bonds. The summed E-state index contributed by atoms with van der Waals surface area (Å²) in [6.45, 7) is 4.85. The van der Waals surface area contributed by atoms with Gasteiger partial charge in [0.15, 0.2) is 0 Å². The van der Waals surface area contributed by atoms with Gasteiger partial charge in [-0.25, -0.2) is 0 Å². The van der Waals surface area contributed by atoms with Gasteiger partial charge in [-0.3, -0.25) is 0 Å². The largest absolute Gasteiger partial charge is 0.377 e. The Morgan fingerprint density at radius 2 is 2.08 bits per heavy atom. The highest BCUT2D eigenvalue weighted by Crippen LogP contribution is 2.20. The van der Waals surface area contributed by atoms with Crippen LogP contribution in [0.4, 0.5) is 0 Å². The minimum Gasteiger partial charge on any atom is -0.377 e. The zero-order valence-electron chi connectivity index (χ0n) is 8.50. The van der Waals surface area contributed by atoms with Gasteiger partial charge in [-0.1, -0.05) is 19.8 Å². The van der Waals surface area contributed by atoms with Gasteiger partial charge in [0.1, 0.15) is 6.79 Å². The van der Waals surface area contributed by atoms with Crippen LogP contribution in [0.15, 0.2) is 0 Å². The number of carbonyl (C=O) groups is 1. The summed E-state index contributed by atoms with van der Waals surface area (Å²) in [4.78, 5) is 8.00. The van der Waals surface area contributed by atoms with Gasteiger partial charge in [0.2, 0.25) is 0 Å². The molecule has 0 aromatic carbocycles. The number of carbonyl (C=O) groups excluding carboxylic acids is 1. The Morgan fingerprint density at radius 3 is 2.54 bits per heavy atom. The predicted octanol–water partition coefficient (Wildman–Crippen LogP) is 1.74. The van der Waals surface area contributed by atoms with Crippen LogP contribution in [0.5, 0.6) is 0 Å². The second-order valence-electron chi connectivity index (χ2n) is 3.41. The minimum atomic E-state index is 0. The molecule has 0 aliphatic heterocycles. The SMILES string of the molecule is C=O.CCC(N)COC1CCCC1.[HH]. The second kappa shape index (κ2) is 8.20. The fourth-order valence-electron chi connectivity index (χ4n) is 1.43. The van der Waals surface area contributed by atoms with E-state index in [2.05, 4.69) is 6.92 Å². The molecule has 0 aromatic heterocycles. The van der Waals surface area contributed by atoms with E-state index in [1.165, 1.54) is 25.7 Å². The van der Waals surface area contributed by atoms with Gasteiger partial charge in [-0.05, 0) is 19.3 Å². The molecule has 1 unspecified atom stereocenters. The van der Waals surface area contributed by atoms with Gasteiger partial charge in [0, 0.05) is 7.47 Å². The van der Waals surface area contributed by atoms with E-state index in [9.17, 15) is 0 Å². The van der Waals surface area contributed by atoms with Crippen molar-refractivity contribution >= 4 is 6.79 Å². The third-order valence-electron chi connectivity index (χ3n) is 2.37. The molecule has 1 atom stereocenters. The van der Waals surface area contributed by atoms with Crippen molar-refractivity contribution in [2.24, 2.45) is 5.73 Å². The molecule has 1 aliphatic rings. The highest BCUT2D eigenvalue weighted by atomic mass is 16.5. The van der Waals surface area contributed by atoms with Gasteiger partial charge < -0.3 is 15.3 Å². The van der Waals surface area contributed by atoms with E-state index in [-0.39, 0.29) is 7.47 Å². The molecule has 1 fully saturated rings. The molecule has 1 saturated carbocycles. The average molecular weight is 189 g/mol. The van der Waals surface area contributed by atoms with Crippen LogP contribution in [0.25, 0.3) is 0 Å². The summed E-state index contributed by atoms with van der Waals surface area (Å²) in [6.07, 6.45) is 6.71. The zero-order valence-corrected chi connectivity index (χ0v) is 8.50.